The minimum absolute atomic E-state index is 0.0814. The van der Waals surface area contributed by atoms with Gasteiger partial charge in [-0.1, -0.05) is 0 Å². The van der Waals surface area contributed by atoms with Gasteiger partial charge >= 0.3 is 0 Å². The molecular weight excluding hydrogens is 396 g/mol. The molecule has 2 aliphatic rings. The van der Waals surface area contributed by atoms with Gasteiger partial charge in [0.25, 0.3) is 15.9 Å². The van der Waals surface area contributed by atoms with E-state index in [9.17, 15) is 13.2 Å². The SMILES string of the molecule is COc1ccc(-c2n[nH]c(CNC(=O)C3=CN4CCS(=O)(=O)N=C4C=C3)n2)cc1. The zero-order chi connectivity index (χ0) is 20.4. The van der Waals surface area contributed by atoms with Gasteiger partial charge in [-0.15, -0.1) is 4.40 Å². The molecule has 0 saturated carbocycles. The first-order valence-electron chi connectivity index (χ1n) is 8.76. The number of rotatable bonds is 5. The number of ether oxygens (including phenoxy) is 1. The van der Waals surface area contributed by atoms with Crippen molar-refractivity contribution in [1.82, 2.24) is 25.4 Å². The van der Waals surface area contributed by atoms with E-state index < -0.39 is 10.0 Å². The van der Waals surface area contributed by atoms with E-state index in [0.717, 1.165) is 11.3 Å². The molecule has 0 spiro atoms. The topological polar surface area (TPSA) is 130 Å². The quantitative estimate of drug-likeness (QED) is 0.732. The van der Waals surface area contributed by atoms with Gasteiger partial charge in [0.15, 0.2) is 5.82 Å². The predicted octanol–water partition coefficient (Wildman–Crippen LogP) is 0.594. The molecule has 0 unspecified atom stereocenters. The molecule has 10 nitrogen and oxygen atoms in total. The second-order valence-corrected chi connectivity index (χ2v) is 8.12. The number of H-pyrrole nitrogens is 1. The first kappa shape index (κ1) is 18.9. The third kappa shape index (κ3) is 4.19. The summed E-state index contributed by atoms with van der Waals surface area (Å²) < 4.78 is 31.9. The van der Waals surface area contributed by atoms with Crippen LogP contribution >= 0.6 is 0 Å². The lowest BCUT2D eigenvalue weighted by atomic mass is 10.2. The molecule has 0 fully saturated rings. The van der Waals surface area contributed by atoms with Crippen molar-refractivity contribution in [2.24, 2.45) is 4.40 Å². The van der Waals surface area contributed by atoms with Crippen molar-refractivity contribution < 1.29 is 17.9 Å². The number of benzene rings is 1. The molecule has 0 bridgehead atoms. The number of nitrogens with zero attached hydrogens (tertiary/aromatic N) is 4. The number of sulfonamides is 1. The third-order valence-electron chi connectivity index (χ3n) is 4.38. The van der Waals surface area contributed by atoms with Gasteiger partial charge in [0.2, 0.25) is 0 Å². The van der Waals surface area contributed by atoms with E-state index in [4.69, 9.17) is 4.74 Å². The Hall–Kier alpha value is -3.47. The Bertz CT molecular complexity index is 1130. The second-order valence-electron chi connectivity index (χ2n) is 6.36. The fraction of sp³-hybridized carbons (Fsp3) is 0.222. The molecule has 150 valence electrons. The molecule has 2 aliphatic heterocycles. The number of amidine groups is 1. The summed E-state index contributed by atoms with van der Waals surface area (Å²) in [7, 11) is -1.83. The fourth-order valence-corrected chi connectivity index (χ4v) is 3.81. The van der Waals surface area contributed by atoms with Gasteiger partial charge in [-0.3, -0.25) is 9.89 Å². The van der Waals surface area contributed by atoms with E-state index in [0.29, 0.717) is 23.1 Å². The highest BCUT2D eigenvalue weighted by Gasteiger charge is 2.25. The summed E-state index contributed by atoms with van der Waals surface area (Å²) in [5.41, 5.74) is 1.22. The van der Waals surface area contributed by atoms with Crippen LogP contribution in [0.2, 0.25) is 0 Å². The number of aromatic amines is 1. The minimum Gasteiger partial charge on any atom is -0.497 e. The molecule has 3 heterocycles. The van der Waals surface area contributed by atoms with Crippen LogP contribution in [0.25, 0.3) is 11.4 Å². The lowest BCUT2D eigenvalue weighted by molar-refractivity contribution is -0.117. The van der Waals surface area contributed by atoms with Crippen LogP contribution in [0.1, 0.15) is 5.82 Å². The molecule has 2 aromatic rings. The lowest BCUT2D eigenvalue weighted by Gasteiger charge is -2.26. The summed E-state index contributed by atoms with van der Waals surface area (Å²) in [5.74, 6) is 1.69. The van der Waals surface area contributed by atoms with Crippen molar-refractivity contribution in [1.29, 1.82) is 0 Å². The maximum Gasteiger partial charge on any atom is 0.256 e. The number of fused-ring (bicyclic) bond motifs is 1. The summed E-state index contributed by atoms with van der Waals surface area (Å²) in [6, 6.07) is 7.33. The largest absolute Gasteiger partial charge is 0.497 e. The molecule has 0 aliphatic carbocycles. The highest BCUT2D eigenvalue weighted by molar-refractivity contribution is 7.90. The summed E-state index contributed by atoms with van der Waals surface area (Å²) in [6.45, 7) is 0.429. The van der Waals surface area contributed by atoms with E-state index in [1.807, 2.05) is 24.3 Å². The van der Waals surface area contributed by atoms with Crippen LogP contribution < -0.4 is 10.1 Å². The Morgan fingerprint density at radius 2 is 2.07 bits per heavy atom. The van der Waals surface area contributed by atoms with Crippen molar-refractivity contribution in [2.75, 3.05) is 19.4 Å². The van der Waals surface area contributed by atoms with Gasteiger partial charge in [0, 0.05) is 18.3 Å². The molecular formula is C18H18N6O4S. The van der Waals surface area contributed by atoms with Crippen molar-refractivity contribution in [3.8, 4) is 17.1 Å². The average molecular weight is 414 g/mol. The summed E-state index contributed by atoms with van der Waals surface area (Å²) in [4.78, 5) is 18.5. The van der Waals surface area contributed by atoms with Gasteiger partial charge < -0.3 is 15.0 Å². The van der Waals surface area contributed by atoms with Crippen LogP contribution in [0.5, 0.6) is 5.75 Å². The van der Waals surface area contributed by atoms with E-state index in [-0.39, 0.29) is 24.7 Å². The fourth-order valence-electron chi connectivity index (χ4n) is 2.84. The zero-order valence-corrected chi connectivity index (χ0v) is 16.3. The lowest BCUT2D eigenvalue weighted by Crippen LogP contribution is -2.38. The third-order valence-corrected chi connectivity index (χ3v) is 5.55. The molecule has 11 heteroatoms. The second kappa shape index (κ2) is 7.51. The summed E-state index contributed by atoms with van der Waals surface area (Å²) in [6.07, 6.45) is 4.64. The predicted molar refractivity (Wildman–Crippen MR) is 105 cm³/mol. The number of hydrogen-bond donors (Lipinski definition) is 2. The Morgan fingerprint density at radius 1 is 1.28 bits per heavy atom. The molecule has 29 heavy (non-hydrogen) atoms. The van der Waals surface area contributed by atoms with Crippen molar-refractivity contribution >= 4 is 21.8 Å². The Kier molecular flexibility index (Phi) is 4.89. The number of methoxy groups -OCH3 is 1. The molecule has 1 amide bonds. The Balaban J connectivity index is 1.39. The van der Waals surface area contributed by atoms with Gasteiger partial charge in [-0.2, -0.15) is 5.10 Å². The van der Waals surface area contributed by atoms with Gasteiger partial charge in [0.05, 0.1) is 25.0 Å². The molecule has 0 saturated heterocycles. The standard InChI is InChI=1S/C18H18N6O4S/c1-28-14-5-2-12(3-6-14)17-20-15(21-22-17)10-19-18(25)13-4-7-16-23-29(26,27)9-8-24(16)11-13/h2-7,11H,8-10H2,1H3,(H,19,25)(H,20,21,22). The Labute approximate surface area is 167 Å². The van der Waals surface area contributed by atoms with Gasteiger partial charge in [-0.05, 0) is 36.4 Å². The number of hydrogen-bond acceptors (Lipinski definition) is 7. The summed E-state index contributed by atoms with van der Waals surface area (Å²) >= 11 is 0. The first-order valence-corrected chi connectivity index (χ1v) is 10.4. The van der Waals surface area contributed by atoms with Crippen molar-refractivity contribution in [3.63, 3.8) is 0 Å². The number of aromatic nitrogens is 3. The maximum absolute atomic E-state index is 12.4. The van der Waals surface area contributed by atoms with E-state index in [1.165, 1.54) is 12.2 Å². The van der Waals surface area contributed by atoms with E-state index in [1.54, 1.807) is 18.2 Å². The molecule has 1 aromatic carbocycles. The molecule has 2 N–H and O–H groups in total. The van der Waals surface area contributed by atoms with Crippen LogP contribution in [-0.4, -0.2) is 59.6 Å². The van der Waals surface area contributed by atoms with E-state index >= 15 is 0 Å². The van der Waals surface area contributed by atoms with E-state index in [2.05, 4.69) is 24.9 Å². The van der Waals surface area contributed by atoms with Crippen LogP contribution in [0.4, 0.5) is 0 Å². The van der Waals surface area contributed by atoms with Crippen molar-refractivity contribution in [3.05, 3.63) is 54.0 Å². The average Bonchev–Trinajstić information content (AvgIpc) is 3.20. The highest BCUT2D eigenvalue weighted by Crippen LogP contribution is 2.19. The van der Waals surface area contributed by atoms with Gasteiger partial charge in [-0.25, -0.2) is 13.4 Å². The number of carbonyl (C=O) groups is 1. The van der Waals surface area contributed by atoms with Crippen molar-refractivity contribution in [2.45, 2.75) is 6.54 Å². The number of amides is 1. The Morgan fingerprint density at radius 3 is 2.83 bits per heavy atom. The molecule has 0 atom stereocenters. The van der Waals surface area contributed by atoms with Crippen LogP contribution in [0.3, 0.4) is 0 Å². The molecule has 4 rings (SSSR count). The monoisotopic (exact) mass is 414 g/mol. The van der Waals surface area contributed by atoms with Gasteiger partial charge in [0.1, 0.15) is 17.4 Å². The molecule has 1 aromatic heterocycles. The molecule has 0 radical (unpaired) electrons. The van der Waals surface area contributed by atoms with Crippen LogP contribution in [0.15, 0.2) is 52.6 Å². The normalized spacial score (nSPS) is 17.2. The highest BCUT2D eigenvalue weighted by atomic mass is 32.2. The number of carbonyl (C=O) groups excluding carboxylic acids is 1. The van der Waals surface area contributed by atoms with Crippen LogP contribution in [-0.2, 0) is 21.4 Å². The number of nitrogens with one attached hydrogen (secondary N) is 2. The smallest absolute Gasteiger partial charge is 0.256 e. The first-order chi connectivity index (χ1) is 13.9. The maximum atomic E-state index is 12.4. The zero-order valence-electron chi connectivity index (χ0n) is 15.5. The van der Waals surface area contributed by atoms with Crippen LogP contribution in [0, 0.1) is 0 Å². The summed E-state index contributed by atoms with van der Waals surface area (Å²) in [5, 5.41) is 9.73. The minimum atomic E-state index is -3.42.